The standard InChI is InChI=1S/C23H21NO3.C22H20N2O3.C14H11NO2.C14H13NO.C14H12O3.C14H10O2.C9H10O3.C4F6O3/c1-26-23(25)17-12-10-16(11-13-17)14-24-22-19-7-3-2-6-18(19)15-27-21-9-5-4-8-20(21)22;25-22(24-26)16-11-9-15(10-12-16)13-23-21-18-6-2-1-5-17(18)14-27-20-8-4-3-7-19(20)21;16-15-14-11-6-2-1-5-10(11)9-17-13-8-4-3-7-12(13)14;15-14-11-6-2-1-5-10(11)9-16-13-8-4-3-7-12(13)14;15-14(16)13-9-5-4-6-11(13)10-17-12-7-2-1-3-8-12;15-14-11-6-2-1-5-10(11)9-16-13-8-4-3-7-12(13)14;1-11-8-5-3-7(4-6-8)9(10)12-2;5-3(6,7)1(11)13-2(12)4(8,9)10/h2-13,22,24H,14-15H2,1H3;1-12,21,23,26H,13-14H2,(H,24,25);1-8,16H,9H2;1-8,14H,9,15H2;1-9H,10H2,(H,15,16);1-8H,9H2;3-6H,1-2H3;/b;;15-14+;;;;;. The number of amides is 1. The summed E-state index contributed by atoms with van der Waals surface area (Å²) in [6.45, 7) is 4.23. The molecule has 20 rings (SSSR count). The van der Waals surface area contributed by atoms with E-state index in [1.807, 2.05) is 237 Å². The Morgan fingerprint density at radius 1 is 0.379 bits per heavy atom. The first-order valence-electron chi connectivity index (χ1n) is 45.0. The summed E-state index contributed by atoms with van der Waals surface area (Å²) in [6.07, 6.45) is -11.2. The second kappa shape index (κ2) is 51.1. The van der Waals surface area contributed by atoms with Crippen molar-refractivity contribution in [3.8, 4) is 40.2 Å². The molecule has 740 valence electrons. The number of para-hydroxylation sites is 6. The maximum absolute atomic E-state index is 12.2. The number of ether oxygens (including phenoxy) is 10. The van der Waals surface area contributed by atoms with Gasteiger partial charge in [-0.15, -0.1) is 0 Å². The number of rotatable bonds is 14. The van der Waals surface area contributed by atoms with Crippen molar-refractivity contribution in [2.75, 3.05) is 21.3 Å². The third-order valence-electron chi connectivity index (χ3n) is 22.9. The molecule has 31 heteroatoms. The normalized spacial score (nSPS) is 13.9. The van der Waals surface area contributed by atoms with Crippen LogP contribution in [-0.4, -0.2) is 96.5 Å². The summed E-state index contributed by atoms with van der Waals surface area (Å²) in [5.74, 6) is -2.89. The fourth-order valence-electron chi connectivity index (χ4n) is 15.6. The molecule has 145 heavy (non-hydrogen) atoms. The lowest BCUT2D eigenvalue weighted by atomic mass is 9.94. The number of esters is 4. The quantitative estimate of drug-likeness (QED) is 0.0101. The third-order valence-corrected chi connectivity index (χ3v) is 22.9. The number of alkyl halides is 6. The number of nitrogens with zero attached hydrogens (tertiary/aromatic N) is 1. The molecule has 0 saturated heterocycles. The Morgan fingerprint density at radius 2 is 0.731 bits per heavy atom. The Labute approximate surface area is 829 Å². The van der Waals surface area contributed by atoms with Gasteiger partial charge in [0.1, 0.15) is 85.6 Å². The number of benzene rings is 15. The first kappa shape index (κ1) is 105. The summed E-state index contributed by atoms with van der Waals surface area (Å²) in [5.41, 5.74) is 28.6. The molecule has 0 radical (unpaired) electrons. The Morgan fingerprint density at radius 3 is 1.19 bits per heavy atom. The molecule has 5 aliphatic rings. The number of carbonyl (C=O) groups is 7. The van der Waals surface area contributed by atoms with E-state index in [4.69, 9.17) is 53.9 Å². The number of oxime groups is 1. The van der Waals surface area contributed by atoms with Gasteiger partial charge < -0.3 is 74.0 Å². The molecule has 0 spiro atoms. The maximum Gasteiger partial charge on any atom is 0.491 e. The van der Waals surface area contributed by atoms with Gasteiger partial charge in [0.05, 0.1) is 61.7 Å². The highest BCUT2D eigenvalue weighted by molar-refractivity contribution is 6.15. The Bertz CT molecular complexity index is 6590. The monoisotopic (exact) mass is 1970 g/mol. The van der Waals surface area contributed by atoms with E-state index in [2.05, 4.69) is 79.9 Å². The smallest absolute Gasteiger partial charge is 0.491 e. The number of halogens is 6. The molecule has 0 saturated carbocycles. The van der Waals surface area contributed by atoms with Gasteiger partial charge in [0, 0.05) is 63.2 Å². The number of aromatic carboxylic acids is 1. The van der Waals surface area contributed by atoms with Crippen molar-refractivity contribution in [2.45, 2.75) is 83.2 Å². The van der Waals surface area contributed by atoms with Crippen LogP contribution >= 0.6 is 0 Å². The predicted octanol–water partition coefficient (Wildman–Crippen LogP) is 21.7. The molecule has 3 unspecified atom stereocenters. The summed E-state index contributed by atoms with van der Waals surface area (Å²) in [6, 6.07) is 117. The van der Waals surface area contributed by atoms with Crippen molar-refractivity contribution in [1.82, 2.24) is 16.1 Å². The van der Waals surface area contributed by atoms with Crippen LogP contribution in [0.3, 0.4) is 0 Å². The molecule has 0 fully saturated rings. The second-order valence-corrected chi connectivity index (χ2v) is 32.1. The molecular formula is C114H97F6N5O20. The number of hydrogen-bond donors (Lipinski definition) is 7. The number of hydroxylamine groups is 1. The predicted molar refractivity (Wildman–Crippen MR) is 526 cm³/mol. The lowest BCUT2D eigenvalue weighted by Gasteiger charge is -2.21. The molecule has 1 amide bonds. The van der Waals surface area contributed by atoms with Crippen LogP contribution in [-0.2, 0) is 76.5 Å². The molecule has 0 aromatic heterocycles. The molecule has 3 atom stereocenters. The van der Waals surface area contributed by atoms with Gasteiger partial charge in [-0.3, -0.25) is 14.8 Å². The second-order valence-electron chi connectivity index (χ2n) is 32.1. The third kappa shape index (κ3) is 28.2. The van der Waals surface area contributed by atoms with Crippen LogP contribution in [0.15, 0.2) is 375 Å². The molecule has 15 aromatic rings. The van der Waals surface area contributed by atoms with Gasteiger partial charge in [0.25, 0.3) is 5.91 Å². The van der Waals surface area contributed by atoms with Crippen molar-refractivity contribution >= 4 is 47.2 Å². The minimum atomic E-state index is -5.62. The van der Waals surface area contributed by atoms with E-state index in [0.717, 1.165) is 95.7 Å². The fourth-order valence-corrected chi connectivity index (χ4v) is 15.6. The maximum atomic E-state index is 12.2. The number of nitrogens with two attached hydrogens (primary N) is 1. The van der Waals surface area contributed by atoms with Crippen LogP contribution in [0.1, 0.15) is 164 Å². The summed E-state index contributed by atoms with van der Waals surface area (Å²) in [5, 5.41) is 37.7. The zero-order valence-corrected chi connectivity index (χ0v) is 78.2. The van der Waals surface area contributed by atoms with E-state index in [1.165, 1.54) is 42.0 Å². The van der Waals surface area contributed by atoms with Crippen LogP contribution in [0, 0.1) is 0 Å². The van der Waals surface area contributed by atoms with Gasteiger partial charge >= 0.3 is 42.2 Å². The average Bonchev–Trinajstić information content (AvgIpc) is 1.83. The Kier molecular flexibility index (Phi) is 36.9. The topological polar surface area (TPSA) is 347 Å². The number of carbonyl (C=O) groups excluding carboxylic acids is 6. The van der Waals surface area contributed by atoms with E-state index in [-0.39, 0.29) is 48.0 Å². The zero-order valence-electron chi connectivity index (χ0n) is 78.2. The van der Waals surface area contributed by atoms with Crippen molar-refractivity contribution in [2.24, 2.45) is 10.9 Å². The first-order chi connectivity index (χ1) is 70.2. The van der Waals surface area contributed by atoms with Gasteiger partial charge in [-0.05, 0) is 159 Å². The van der Waals surface area contributed by atoms with E-state index in [9.17, 15) is 65.1 Å². The van der Waals surface area contributed by atoms with Crippen molar-refractivity contribution in [3.05, 3.63) is 492 Å². The number of hydrogen-bond acceptors (Lipinski definition) is 23. The first-order valence-corrected chi connectivity index (χ1v) is 45.0. The molecule has 15 aromatic carbocycles. The summed E-state index contributed by atoms with van der Waals surface area (Å²) in [4.78, 5) is 76.5. The van der Waals surface area contributed by atoms with Gasteiger partial charge in [-0.25, -0.2) is 29.5 Å². The summed E-state index contributed by atoms with van der Waals surface area (Å²) >= 11 is 0. The Hall–Kier alpha value is -17.5. The highest BCUT2D eigenvalue weighted by atomic mass is 19.4. The highest BCUT2D eigenvalue weighted by Crippen LogP contribution is 2.40. The van der Waals surface area contributed by atoms with E-state index in [0.29, 0.717) is 85.4 Å². The van der Waals surface area contributed by atoms with Crippen LogP contribution < -0.4 is 55.0 Å². The minimum absolute atomic E-state index is 0.0142. The van der Waals surface area contributed by atoms with Crippen molar-refractivity contribution in [1.29, 1.82) is 0 Å². The van der Waals surface area contributed by atoms with Gasteiger partial charge in [0.15, 0.2) is 5.78 Å². The van der Waals surface area contributed by atoms with Crippen LogP contribution in [0.2, 0.25) is 0 Å². The van der Waals surface area contributed by atoms with Crippen LogP contribution in [0.25, 0.3) is 0 Å². The molecule has 0 bridgehead atoms. The van der Waals surface area contributed by atoms with Crippen molar-refractivity contribution in [3.63, 3.8) is 0 Å². The van der Waals surface area contributed by atoms with Gasteiger partial charge in [0.2, 0.25) is 0 Å². The lowest BCUT2D eigenvalue weighted by Crippen LogP contribution is -2.34. The average molecular weight is 1970 g/mol. The fraction of sp³-hybridized carbons (Fsp3) is 0.140. The van der Waals surface area contributed by atoms with Gasteiger partial charge in [-0.2, -0.15) is 26.3 Å². The number of fused-ring (bicyclic) bond motifs is 10. The molecule has 8 N–H and O–H groups in total. The SMILES string of the molecule is COC(=O)c1ccc(CNC2c3ccccc3COc3ccccc32)cc1.COC(=O)c1ccc(OC)cc1.NC1c2ccccc2COc2ccccc21.O/N=C1\c2ccccc2COc2ccccc21.O=C(NO)c1ccc(CNC2c3ccccc3COc3ccccc32)cc1.O=C(O)c1ccccc1COc1ccccc1.O=C(OC(=O)C(F)(F)F)C(F)(F)F.O=C1c2ccccc2COc2ccccc21. The molecule has 5 heterocycles. The van der Waals surface area contributed by atoms with E-state index < -0.39 is 36.2 Å². The van der Waals surface area contributed by atoms with Crippen molar-refractivity contribution < 1.29 is 123 Å². The molecule has 25 nitrogen and oxygen atoms in total. The minimum Gasteiger partial charge on any atom is -0.497 e. The lowest BCUT2D eigenvalue weighted by molar-refractivity contribution is -0.221. The number of methoxy groups -OCH3 is 3. The van der Waals surface area contributed by atoms with E-state index >= 15 is 0 Å². The Balaban J connectivity index is 0.000000141. The number of carboxylic acids is 1. The summed E-state index contributed by atoms with van der Waals surface area (Å²) in [7, 11) is 4.32. The van der Waals surface area contributed by atoms with Crippen LogP contribution in [0.4, 0.5) is 26.3 Å². The van der Waals surface area contributed by atoms with E-state index in [1.54, 1.807) is 91.5 Å². The molecule has 0 aliphatic carbocycles. The zero-order chi connectivity index (χ0) is 103. The number of ketones is 1. The summed E-state index contributed by atoms with van der Waals surface area (Å²) < 4.78 is 119. The molecule has 5 aliphatic heterocycles. The number of carboxylic acid groups (broad SMARTS) is 1. The van der Waals surface area contributed by atoms with Gasteiger partial charge in [-0.1, -0.05) is 266 Å². The number of nitrogens with one attached hydrogen (secondary N) is 3. The highest BCUT2D eigenvalue weighted by Gasteiger charge is 2.49. The largest absolute Gasteiger partial charge is 0.497 e. The van der Waals surface area contributed by atoms with Crippen LogP contribution in [0.5, 0.6) is 40.2 Å². The molecular weight excluding hydrogens is 1870 g/mol.